The van der Waals surface area contributed by atoms with E-state index in [1.54, 1.807) is 0 Å². The van der Waals surface area contributed by atoms with E-state index in [2.05, 4.69) is 31.9 Å². The van der Waals surface area contributed by atoms with Crippen LogP contribution in [-0.4, -0.2) is 10.5 Å². The van der Waals surface area contributed by atoms with Crippen molar-refractivity contribution in [3.63, 3.8) is 0 Å². The van der Waals surface area contributed by atoms with Crippen LogP contribution in [0.2, 0.25) is 5.02 Å². The van der Waals surface area contributed by atoms with Gasteiger partial charge in [-0.25, -0.2) is 4.39 Å². The third-order valence-corrected chi connectivity index (χ3v) is 5.14. The molecule has 10 heteroatoms. The van der Waals surface area contributed by atoms with Crippen molar-refractivity contribution in [1.29, 1.82) is 0 Å². The van der Waals surface area contributed by atoms with Crippen LogP contribution in [0.25, 0.3) is 11.1 Å². The number of halogens is 7. The van der Waals surface area contributed by atoms with E-state index in [4.69, 9.17) is 17.3 Å². The number of hydrogen-bond acceptors (Lipinski definition) is 1. The van der Waals surface area contributed by atoms with Crippen LogP contribution in [0.5, 0.6) is 0 Å². The zero-order valence-electron chi connectivity index (χ0n) is 11.2. The molecule has 0 bridgehead atoms. The first kappa shape index (κ1) is 18.3. The second kappa shape index (κ2) is 6.10. The molecule has 1 heterocycles. The molecule has 2 aromatic rings. The third-order valence-electron chi connectivity index (χ3n) is 3.12. The summed E-state index contributed by atoms with van der Waals surface area (Å²) in [6, 6.07) is 1.85. The summed E-state index contributed by atoms with van der Waals surface area (Å²) in [5.41, 5.74) is 3.59. The predicted molar refractivity (Wildman–Crippen MR) is 84.7 cm³/mol. The molecule has 0 atom stereocenters. The summed E-state index contributed by atoms with van der Waals surface area (Å²) >= 11 is 11.6. The fourth-order valence-electron chi connectivity index (χ4n) is 2.10. The van der Waals surface area contributed by atoms with E-state index in [1.165, 1.54) is 7.05 Å². The third kappa shape index (κ3) is 3.14. The zero-order valence-corrected chi connectivity index (χ0v) is 15.2. The number of rotatable bonds is 2. The average molecular weight is 478 g/mol. The molecule has 1 aromatic heterocycles. The molecule has 3 nitrogen and oxygen atoms in total. The van der Waals surface area contributed by atoms with Crippen molar-refractivity contribution >= 4 is 49.4 Å². The maximum atomic E-state index is 14.2. The van der Waals surface area contributed by atoms with Crippen molar-refractivity contribution in [2.45, 2.75) is 6.18 Å². The van der Waals surface area contributed by atoms with Gasteiger partial charge in [0.05, 0.1) is 19.7 Å². The lowest BCUT2D eigenvalue weighted by Crippen LogP contribution is -2.12. The van der Waals surface area contributed by atoms with E-state index in [0.29, 0.717) is 0 Å². The largest absolute Gasteiger partial charge is 0.432 e. The highest BCUT2D eigenvalue weighted by molar-refractivity contribution is 9.11. The molecule has 124 valence electrons. The van der Waals surface area contributed by atoms with E-state index < -0.39 is 23.6 Å². The number of primary amides is 1. The Kier molecular flexibility index (Phi) is 4.85. The SMILES string of the molecule is Cn1c(Br)c(-c2cc(C(N)=O)c(Cl)cc2F)c(Br)c1C(F)(F)F. The first-order valence-corrected chi connectivity index (χ1v) is 7.83. The number of aromatic nitrogens is 1. The number of benzene rings is 1. The van der Waals surface area contributed by atoms with Gasteiger partial charge < -0.3 is 10.3 Å². The van der Waals surface area contributed by atoms with Crippen molar-refractivity contribution < 1.29 is 22.4 Å². The number of alkyl halides is 3. The minimum absolute atomic E-state index is 0.0201. The Morgan fingerprint density at radius 1 is 1.30 bits per heavy atom. The number of carbonyl (C=O) groups excluding carboxylic acids is 1. The second-order valence-electron chi connectivity index (χ2n) is 4.56. The molecule has 0 fully saturated rings. The average Bonchev–Trinajstić information content (AvgIpc) is 2.60. The van der Waals surface area contributed by atoms with Gasteiger partial charge in [-0.05, 0) is 44.0 Å². The molecule has 0 saturated carbocycles. The van der Waals surface area contributed by atoms with Crippen LogP contribution in [0.4, 0.5) is 17.6 Å². The molecule has 2 rings (SSSR count). The molecule has 0 aliphatic heterocycles. The van der Waals surface area contributed by atoms with Crippen LogP contribution >= 0.6 is 43.5 Å². The van der Waals surface area contributed by atoms with E-state index in [9.17, 15) is 22.4 Å². The number of hydrogen-bond donors (Lipinski definition) is 1. The molecule has 1 aromatic carbocycles. The lowest BCUT2D eigenvalue weighted by molar-refractivity contribution is -0.143. The van der Waals surface area contributed by atoms with Gasteiger partial charge in [-0.2, -0.15) is 13.2 Å². The van der Waals surface area contributed by atoms with Gasteiger partial charge in [0.25, 0.3) is 0 Å². The van der Waals surface area contributed by atoms with Crippen molar-refractivity contribution in [3.05, 3.63) is 43.3 Å². The Labute approximate surface area is 149 Å². The highest BCUT2D eigenvalue weighted by atomic mass is 79.9. The van der Waals surface area contributed by atoms with E-state index in [1.807, 2.05) is 0 Å². The molecule has 0 aliphatic rings. The first-order valence-electron chi connectivity index (χ1n) is 5.86. The highest BCUT2D eigenvalue weighted by Gasteiger charge is 2.39. The number of nitrogens with two attached hydrogens (primary N) is 1. The van der Waals surface area contributed by atoms with Crippen LogP contribution in [-0.2, 0) is 13.2 Å². The molecular formula is C13H7Br2ClF4N2O. The highest BCUT2D eigenvalue weighted by Crippen LogP contribution is 2.46. The maximum Gasteiger partial charge on any atom is 0.432 e. The normalized spacial score (nSPS) is 11.8. The Morgan fingerprint density at radius 3 is 2.30 bits per heavy atom. The quantitative estimate of drug-likeness (QED) is 0.598. The summed E-state index contributed by atoms with van der Waals surface area (Å²) in [4.78, 5) is 11.3. The Bertz CT molecular complexity index is 818. The molecule has 0 saturated heterocycles. The van der Waals surface area contributed by atoms with Crippen LogP contribution in [0, 0.1) is 5.82 Å². The van der Waals surface area contributed by atoms with Crippen molar-refractivity contribution in [2.24, 2.45) is 12.8 Å². The van der Waals surface area contributed by atoms with Crippen LogP contribution in [0.3, 0.4) is 0 Å². The van der Waals surface area contributed by atoms with Crippen LogP contribution in [0.1, 0.15) is 16.1 Å². The van der Waals surface area contributed by atoms with E-state index in [0.717, 1.165) is 16.7 Å². The Hall–Kier alpha value is -1.06. The van der Waals surface area contributed by atoms with Crippen LogP contribution < -0.4 is 5.73 Å². The summed E-state index contributed by atoms with van der Waals surface area (Å²) in [6.45, 7) is 0. The molecular weight excluding hydrogens is 471 g/mol. The van der Waals surface area contributed by atoms with Gasteiger partial charge in [-0.3, -0.25) is 4.79 Å². The second-order valence-corrected chi connectivity index (χ2v) is 6.51. The fourth-order valence-corrected chi connectivity index (χ4v) is 4.09. The first-order chi connectivity index (χ1) is 10.5. The monoisotopic (exact) mass is 476 g/mol. The van der Waals surface area contributed by atoms with Gasteiger partial charge in [0.2, 0.25) is 5.91 Å². The smallest absolute Gasteiger partial charge is 0.366 e. The van der Waals surface area contributed by atoms with Crippen LogP contribution in [0.15, 0.2) is 21.2 Å². The summed E-state index contributed by atoms with van der Waals surface area (Å²) in [6.07, 6.45) is -4.66. The number of amides is 1. The fraction of sp³-hybridized carbons (Fsp3) is 0.154. The molecule has 0 aliphatic carbocycles. The van der Waals surface area contributed by atoms with E-state index in [-0.39, 0.29) is 30.8 Å². The van der Waals surface area contributed by atoms with Gasteiger partial charge in [-0.15, -0.1) is 0 Å². The summed E-state index contributed by atoms with van der Waals surface area (Å²) < 4.78 is 54.0. The summed E-state index contributed by atoms with van der Waals surface area (Å²) in [5, 5.41) is -0.224. The molecule has 2 N–H and O–H groups in total. The van der Waals surface area contributed by atoms with E-state index >= 15 is 0 Å². The van der Waals surface area contributed by atoms with Crippen molar-refractivity contribution in [3.8, 4) is 11.1 Å². The minimum atomic E-state index is -4.66. The molecule has 0 unspecified atom stereocenters. The minimum Gasteiger partial charge on any atom is -0.366 e. The Morgan fingerprint density at radius 2 is 1.87 bits per heavy atom. The molecule has 23 heavy (non-hydrogen) atoms. The van der Waals surface area contributed by atoms with Gasteiger partial charge in [0.1, 0.15) is 11.5 Å². The van der Waals surface area contributed by atoms with Crippen molar-refractivity contribution in [2.75, 3.05) is 0 Å². The number of nitrogens with zero attached hydrogens (tertiary/aromatic N) is 1. The topological polar surface area (TPSA) is 48.0 Å². The van der Waals surface area contributed by atoms with Gasteiger partial charge >= 0.3 is 6.18 Å². The molecule has 0 spiro atoms. The summed E-state index contributed by atoms with van der Waals surface area (Å²) in [7, 11) is 1.17. The molecule has 0 radical (unpaired) electrons. The van der Waals surface area contributed by atoms with Gasteiger partial charge in [-0.1, -0.05) is 11.6 Å². The standard InChI is InChI=1S/C13H7Br2ClF4N2O/c1-22-10(13(18,19)20)9(14)8(11(22)15)5-2-4(12(21)23)6(16)3-7(5)17/h2-3H,1H3,(H2,21,23). The molecule has 1 amide bonds. The number of carbonyl (C=O) groups is 1. The maximum absolute atomic E-state index is 14.2. The zero-order chi connectivity index (χ0) is 17.7. The van der Waals surface area contributed by atoms with Gasteiger partial charge in [0, 0.05) is 18.2 Å². The Balaban J connectivity index is 2.84. The lowest BCUT2D eigenvalue weighted by atomic mass is 10.0. The van der Waals surface area contributed by atoms with Gasteiger partial charge in [0.15, 0.2) is 0 Å². The predicted octanol–water partition coefficient (Wildman–Crippen LogP) is 5.13. The summed E-state index contributed by atoms with van der Waals surface area (Å²) in [5.74, 6) is -1.81. The van der Waals surface area contributed by atoms with Crippen molar-refractivity contribution in [1.82, 2.24) is 4.57 Å². The lowest BCUT2D eigenvalue weighted by Gasteiger charge is -2.08.